The van der Waals surface area contributed by atoms with Crippen LogP contribution in [0.15, 0.2) is 271 Å². The van der Waals surface area contributed by atoms with Gasteiger partial charge in [0.1, 0.15) is 0 Å². The highest BCUT2D eigenvalue weighted by Gasteiger charge is 2.60. The van der Waals surface area contributed by atoms with Crippen LogP contribution in [-0.4, -0.2) is 47.1 Å². The van der Waals surface area contributed by atoms with Crippen molar-refractivity contribution in [2.24, 2.45) is 23.7 Å². The number of aromatic nitrogens is 6. The first kappa shape index (κ1) is 64.3. The van der Waals surface area contributed by atoms with Gasteiger partial charge < -0.3 is 10.0 Å². The average Bonchev–Trinajstić information content (AvgIpc) is 0.712. The number of hydrogen-bond acceptors (Lipinski definition) is 10. The maximum absolute atomic E-state index is 9.20. The number of nitrogens with zero attached hydrogens (tertiary/aromatic N) is 8. The third kappa shape index (κ3) is 12.9. The molecule has 0 saturated heterocycles. The van der Waals surface area contributed by atoms with Crippen molar-refractivity contribution in [3.63, 3.8) is 0 Å². The molecule has 2 N–H and O–H groups in total. The molecular weight excluding hydrogens is 1290 g/mol. The summed E-state index contributed by atoms with van der Waals surface area (Å²) in [6.07, 6.45) is 15.8. The van der Waals surface area contributed by atoms with Crippen molar-refractivity contribution in [1.29, 1.82) is 10.5 Å². The molecule has 8 aliphatic rings. The minimum absolute atomic E-state index is 0.206. The van der Waals surface area contributed by atoms with Crippen molar-refractivity contribution in [3.05, 3.63) is 305 Å². The van der Waals surface area contributed by atoms with E-state index >= 15 is 0 Å². The fourth-order valence-corrected chi connectivity index (χ4v) is 19.2. The molecule has 8 fully saturated rings. The number of rotatable bonds is 12. The zero-order chi connectivity index (χ0) is 67.8. The molecule has 0 spiro atoms. The van der Waals surface area contributed by atoms with Crippen LogP contribution in [0.2, 0.25) is 0 Å². The molecule has 100 heavy (non-hydrogen) atoms. The van der Waals surface area contributed by atoms with Crippen LogP contribution in [0.25, 0.3) is 79.5 Å². The topological polar surface area (TPSA) is 165 Å². The van der Waals surface area contributed by atoms with E-state index in [1.165, 1.54) is 128 Å². The molecule has 4 unspecified atom stereocenters. The predicted molar refractivity (Wildman–Crippen MR) is 400 cm³/mol. The summed E-state index contributed by atoms with van der Waals surface area (Å²) in [5, 5.41) is 34.9. The Labute approximate surface area is 594 Å². The summed E-state index contributed by atoms with van der Waals surface area (Å²) in [4.78, 5) is 29.6. The fourth-order valence-electron chi connectivity index (χ4n) is 19.0. The van der Waals surface area contributed by atoms with Crippen LogP contribution < -0.4 is 5.46 Å². The number of hydrogen-bond donors (Lipinski definition) is 2. The number of nitriles is 2. The van der Waals surface area contributed by atoms with E-state index in [2.05, 4.69) is 180 Å². The molecule has 0 aliphatic heterocycles. The van der Waals surface area contributed by atoms with Gasteiger partial charge in [0.15, 0.2) is 34.9 Å². The van der Waals surface area contributed by atoms with Gasteiger partial charge in [-0.05, 0) is 198 Å². The minimum atomic E-state index is -1.46. The van der Waals surface area contributed by atoms with E-state index in [1.54, 1.807) is 5.56 Å². The molecule has 12 heteroatoms. The largest absolute Gasteiger partial charge is 0.488 e. The first-order chi connectivity index (χ1) is 48.9. The van der Waals surface area contributed by atoms with Gasteiger partial charge >= 0.3 is 7.12 Å². The van der Waals surface area contributed by atoms with Gasteiger partial charge in [-0.25, -0.2) is 29.9 Å². The SMILES string of the molecule is Brc1ccc(C23CC4CC(C2)CC(c2ccc(-c5nc(-c6ccccc6)nc(-c6ccccc6)n5)cc2)(C4)C3)cc1.N#Cc1ccc(-c2ccc(C34CC5CC(C3)CC(c3ccc(-c6nc(-c7ccccc7)nc(-c7ccccc7)n6)cc3)(C5)C4)cc2)cc1.N#Cc1ccc(B(O)O)cc1. The van der Waals surface area contributed by atoms with Crippen molar-refractivity contribution >= 4 is 28.5 Å². The van der Waals surface area contributed by atoms with Gasteiger partial charge in [-0.15, -0.1) is 0 Å². The van der Waals surface area contributed by atoms with Crippen LogP contribution in [0.5, 0.6) is 0 Å². The molecule has 2 heterocycles. The molecule has 0 radical (unpaired) electrons. The Balaban J connectivity index is 0.000000136. The summed E-state index contributed by atoms with van der Waals surface area (Å²) in [6, 6.07) is 96.0. The van der Waals surface area contributed by atoms with Gasteiger partial charge in [0.25, 0.3) is 0 Å². The quantitative estimate of drug-likeness (QED) is 0.112. The van der Waals surface area contributed by atoms with Crippen molar-refractivity contribution in [2.75, 3.05) is 0 Å². The molecule has 12 aromatic rings. The molecule has 488 valence electrons. The fraction of sp³-hybridized carbons (Fsp3) is 0.227. The van der Waals surface area contributed by atoms with Crippen LogP contribution in [0.4, 0.5) is 0 Å². The van der Waals surface area contributed by atoms with Gasteiger partial charge in [-0.3, -0.25) is 0 Å². The molecule has 2 aromatic heterocycles. The molecule has 8 saturated carbocycles. The van der Waals surface area contributed by atoms with Gasteiger partial charge in [-0.1, -0.05) is 246 Å². The Morgan fingerprint density at radius 1 is 0.300 bits per heavy atom. The monoisotopic (exact) mass is 1360 g/mol. The Hall–Kier alpha value is -10.3. The van der Waals surface area contributed by atoms with E-state index in [0.717, 1.165) is 68.4 Å². The zero-order valence-corrected chi connectivity index (χ0v) is 57.2. The molecule has 10 nitrogen and oxygen atoms in total. The summed E-state index contributed by atoms with van der Waals surface area (Å²) >= 11 is 3.65. The van der Waals surface area contributed by atoms with Crippen LogP contribution in [-0.2, 0) is 21.7 Å². The lowest BCUT2D eigenvalue weighted by atomic mass is 9.41. The van der Waals surface area contributed by atoms with Crippen molar-refractivity contribution in [3.8, 4) is 91.6 Å². The smallest absolute Gasteiger partial charge is 0.423 e. The summed E-state index contributed by atoms with van der Waals surface area (Å²) in [5.74, 6) is 7.42. The molecule has 20 rings (SSSR count). The molecular formula is C88H74BBrN8O2. The van der Waals surface area contributed by atoms with Gasteiger partial charge in [0.05, 0.1) is 23.3 Å². The average molecular weight is 1370 g/mol. The second kappa shape index (κ2) is 27.1. The van der Waals surface area contributed by atoms with Gasteiger partial charge in [0.2, 0.25) is 0 Å². The van der Waals surface area contributed by atoms with E-state index in [1.807, 2.05) is 91.0 Å². The van der Waals surface area contributed by atoms with Crippen LogP contribution >= 0.6 is 15.9 Å². The Bertz CT molecular complexity index is 4830. The van der Waals surface area contributed by atoms with E-state index < -0.39 is 7.12 Å². The van der Waals surface area contributed by atoms with Crippen molar-refractivity contribution < 1.29 is 10.0 Å². The summed E-state index contributed by atoms with van der Waals surface area (Å²) in [5.41, 5.74) is 17.0. The summed E-state index contributed by atoms with van der Waals surface area (Å²) in [7, 11) is -1.46. The highest BCUT2D eigenvalue weighted by atomic mass is 79.9. The first-order valence-corrected chi connectivity index (χ1v) is 35.9. The highest BCUT2D eigenvalue weighted by Crippen LogP contribution is 2.68. The van der Waals surface area contributed by atoms with E-state index in [9.17, 15) is 5.26 Å². The standard InChI is InChI=1S/C44H36N4.C37H32BrN3.C7H6BNO2/c45-28-30-11-13-33(14-12-30)34-15-19-38(20-16-34)43-24-31-23-32(25-43)27-44(26-31,29-43)39-21-17-37(18-22-39)42-47-40(35-7-3-1-4-8-35)46-41(48-42)36-9-5-2-6-10-36;38-32-17-15-31(16-18-32)37-22-25-19-26(23-37)21-36(20-25,24-37)30-13-11-29(12-14-30)35-40-33(27-7-3-1-4-8-27)39-34(41-35)28-9-5-2-6-10-28;9-5-6-1-3-7(4-2-6)8(10)11/h1-22,31-32H,23-27,29H2;1-18,25-26H,19-24H2;1-4,10-11H. The molecule has 10 aromatic carbocycles. The van der Waals surface area contributed by atoms with Gasteiger partial charge in [0, 0.05) is 37.9 Å². The Morgan fingerprint density at radius 3 is 0.790 bits per heavy atom. The molecule has 4 atom stereocenters. The predicted octanol–water partition coefficient (Wildman–Crippen LogP) is 18.9. The summed E-state index contributed by atoms with van der Waals surface area (Å²) < 4.78 is 1.17. The highest BCUT2D eigenvalue weighted by molar-refractivity contribution is 9.10. The third-order valence-electron chi connectivity index (χ3n) is 22.7. The Kier molecular flexibility index (Phi) is 17.4. The van der Waals surface area contributed by atoms with E-state index in [-0.39, 0.29) is 16.2 Å². The molecule has 0 amide bonds. The lowest BCUT2D eigenvalue weighted by Crippen LogP contribution is -2.55. The van der Waals surface area contributed by atoms with E-state index in [4.69, 9.17) is 45.2 Å². The lowest BCUT2D eigenvalue weighted by molar-refractivity contribution is -0.0282. The third-order valence-corrected chi connectivity index (χ3v) is 23.2. The minimum Gasteiger partial charge on any atom is -0.423 e. The van der Waals surface area contributed by atoms with Crippen LogP contribution in [0.1, 0.15) is 110 Å². The normalized spacial score (nSPS) is 23.2. The summed E-state index contributed by atoms with van der Waals surface area (Å²) in [6.45, 7) is 0. The number of benzene rings is 10. The molecule has 8 aliphatic carbocycles. The maximum Gasteiger partial charge on any atom is 0.488 e. The lowest BCUT2D eigenvalue weighted by Gasteiger charge is -2.63. The first-order valence-electron chi connectivity index (χ1n) is 35.1. The maximum atomic E-state index is 9.20. The second-order valence-electron chi connectivity index (χ2n) is 29.2. The van der Waals surface area contributed by atoms with Gasteiger partial charge in [-0.2, -0.15) is 10.5 Å². The second-order valence-corrected chi connectivity index (χ2v) is 30.1. The molecule has 8 bridgehead atoms. The van der Waals surface area contributed by atoms with Crippen molar-refractivity contribution in [2.45, 2.75) is 98.7 Å². The van der Waals surface area contributed by atoms with Crippen LogP contribution in [0, 0.1) is 46.3 Å². The van der Waals surface area contributed by atoms with E-state index in [0.29, 0.717) is 51.1 Å². The van der Waals surface area contributed by atoms with Crippen LogP contribution in [0.3, 0.4) is 0 Å². The zero-order valence-electron chi connectivity index (χ0n) is 55.6. The Morgan fingerprint density at radius 2 is 0.530 bits per heavy atom. The van der Waals surface area contributed by atoms with Crippen molar-refractivity contribution in [1.82, 2.24) is 29.9 Å². The number of halogens is 1.